The Morgan fingerprint density at radius 3 is 2.47 bits per heavy atom. The van der Waals surface area contributed by atoms with E-state index in [1.165, 1.54) is 11.3 Å². The summed E-state index contributed by atoms with van der Waals surface area (Å²) < 4.78 is 7.42. The van der Waals surface area contributed by atoms with Crippen molar-refractivity contribution in [2.45, 2.75) is 58.9 Å². The van der Waals surface area contributed by atoms with E-state index in [0.717, 1.165) is 37.6 Å². The van der Waals surface area contributed by atoms with E-state index in [1.54, 1.807) is 13.0 Å². The van der Waals surface area contributed by atoms with E-state index < -0.39 is 5.97 Å². The molecule has 0 aliphatic carbocycles. The zero-order valence-electron chi connectivity index (χ0n) is 19.8. The molecule has 4 aromatic rings. The number of unbranched alkanes of at least 4 members (excludes halogenated alkanes) is 2. The Labute approximate surface area is 203 Å². The molecule has 0 spiro atoms. The van der Waals surface area contributed by atoms with Gasteiger partial charge in [-0.3, -0.25) is 4.79 Å². The van der Waals surface area contributed by atoms with Crippen LogP contribution >= 0.6 is 11.3 Å². The normalized spacial score (nSPS) is 12.2. The van der Waals surface area contributed by atoms with E-state index in [9.17, 15) is 9.59 Å². The molecule has 0 saturated heterocycles. The molecule has 7 nitrogen and oxygen atoms in total. The van der Waals surface area contributed by atoms with Crippen molar-refractivity contribution < 1.29 is 14.3 Å². The molecule has 0 aliphatic rings. The third-order valence-electron chi connectivity index (χ3n) is 5.93. The van der Waals surface area contributed by atoms with Gasteiger partial charge in [0.1, 0.15) is 16.9 Å². The first kappa shape index (κ1) is 23.9. The van der Waals surface area contributed by atoms with Crippen molar-refractivity contribution in [3.8, 4) is 0 Å². The number of anilines is 1. The first-order valence-corrected chi connectivity index (χ1v) is 12.8. The zero-order valence-corrected chi connectivity index (χ0v) is 20.7. The fraction of sp³-hybridized carbons (Fsp3) is 0.385. The number of hydrogen-bond acceptors (Lipinski definition) is 6. The Morgan fingerprint density at radius 1 is 1.06 bits per heavy atom. The molecule has 3 heterocycles. The molecule has 0 unspecified atom stereocenters. The maximum absolute atomic E-state index is 13.2. The predicted octanol–water partition coefficient (Wildman–Crippen LogP) is 6.61. The highest BCUT2D eigenvalue weighted by Crippen LogP contribution is 2.36. The summed E-state index contributed by atoms with van der Waals surface area (Å²) in [6.07, 6.45) is 5.01. The number of rotatable bonds is 10. The van der Waals surface area contributed by atoms with Gasteiger partial charge < -0.3 is 14.6 Å². The molecule has 0 radical (unpaired) electrons. The minimum atomic E-state index is -0.513. The molecule has 1 aromatic carbocycles. The highest BCUT2D eigenvalue weighted by atomic mass is 32.1. The van der Waals surface area contributed by atoms with Crippen molar-refractivity contribution in [1.29, 1.82) is 0 Å². The van der Waals surface area contributed by atoms with Gasteiger partial charge in [-0.1, -0.05) is 51.3 Å². The predicted molar refractivity (Wildman–Crippen MR) is 137 cm³/mol. The second-order valence-corrected chi connectivity index (χ2v) is 9.14. The summed E-state index contributed by atoms with van der Waals surface area (Å²) in [7, 11) is 0. The molecular formula is C26H30N4O3S. The molecule has 1 atom stereocenters. The number of esters is 1. The molecule has 3 aromatic heterocycles. The van der Waals surface area contributed by atoms with Gasteiger partial charge in [0.25, 0.3) is 5.91 Å². The number of ether oxygens (including phenoxy) is 1. The van der Waals surface area contributed by atoms with Gasteiger partial charge >= 0.3 is 5.97 Å². The molecule has 1 N–H and O–H groups in total. The number of nitrogens with one attached hydrogen (secondary N) is 1. The average molecular weight is 479 g/mol. The Hall–Kier alpha value is -3.26. The lowest BCUT2D eigenvalue weighted by Crippen LogP contribution is -2.20. The van der Waals surface area contributed by atoms with Gasteiger partial charge in [0, 0.05) is 6.04 Å². The highest BCUT2D eigenvalue weighted by molar-refractivity contribution is 7.12. The SMILES string of the molecule is CCCCC[C@H](CC)n1c(NC(=O)c2cccs2)c(C(=O)OCC)c2nc3ccccc3nc21. The summed E-state index contributed by atoms with van der Waals surface area (Å²) in [6.45, 7) is 6.28. The van der Waals surface area contributed by atoms with Crippen molar-refractivity contribution >= 4 is 51.2 Å². The molecule has 8 heteroatoms. The smallest absolute Gasteiger partial charge is 0.344 e. The van der Waals surface area contributed by atoms with Crippen LogP contribution in [0.1, 0.15) is 78.9 Å². The summed E-state index contributed by atoms with van der Waals surface area (Å²) in [4.78, 5) is 36.6. The fourth-order valence-corrected chi connectivity index (χ4v) is 4.88. The monoisotopic (exact) mass is 478 g/mol. The van der Waals surface area contributed by atoms with E-state index in [0.29, 0.717) is 27.4 Å². The summed E-state index contributed by atoms with van der Waals surface area (Å²) in [5, 5.41) is 4.88. The van der Waals surface area contributed by atoms with Crippen LogP contribution in [0, 0.1) is 0 Å². The number of thiophene rings is 1. The topological polar surface area (TPSA) is 86.1 Å². The second-order valence-electron chi connectivity index (χ2n) is 8.19. The quantitative estimate of drug-likeness (QED) is 0.205. The third-order valence-corrected chi connectivity index (χ3v) is 6.80. The summed E-state index contributed by atoms with van der Waals surface area (Å²) in [5.41, 5.74) is 2.73. The summed E-state index contributed by atoms with van der Waals surface area (Å²) >= 11 is 1.35. The Bertz CT molecular complexity index is 1300. The number of para-hydroxylation sites is 2. The number of aromatic nitrogens is 3. The van der Waals surface area contributed by atoms with Crippen LogP contribution in [0.15, 0.2) is 41.8 Å². The first-order chi connectivity index (χ1) is 16.6. The van der Waals surface area contributed by atoms with E-state index in [1.807, 2.05) is 40.3 Å². The average Bonchev–Trinajstić information content (AvgIpc) is 3.48. The van der Waals surface area contributed by atoms with Gasteiger partial charge in [0.2, 0.25) is 0 Å². The van der Waals surface area contributed by atoms with Crippen LogP contribution in [-0.4, -0.2) is 33.0 Å². The number of hydrogen-bond donors (Lipinski definition) is 1. The summed E-state index contributed by atoms with van der Waals surface area (Å²) in [5.74, 6) is -0.371. The molecule has 0 fully saturated rings. The van der Waals surface area contributed by atoms with E-state index in [2.05, 4.69) is 19.2 Å². The molecule has 1 amide bonds. The van der Waals surface area contributed by atoms with E-state index in [-0.39, 0.29) is 24.1 Å². The minimum absolute atomic E-state index is 0.0475. The van der Waals surface area contributed by atoms with E-state index in [4.69, 9.17) is 14.7 Å². The van der Waals surface area contributed by atoms with Crippen molar-refractivity contribution in [3.05, 3.63) is 52.2 Å². The molecule has 0 bridgehead atoms. The largest absolute Gasteiger partial charge is 0.462 e. The molecular weight excluding hydrogens is 448 g/mol. The number of benzene rings is 1. The highest BCUT2D eigenvalue weighted by Gasteiger charge is 2.30. The number of carbonyl (C=O) groups excluding carboxylic acids is 2. The van der Waals surface area contributed by atoms with Crippen molar-refractivity contribution in [2.24, 2.45) is 0 Å². The van der Waals surface area contributed by atoms with Gasteiger partial charge in [-0.2, -0.15) is 0 Å². The molecule has 0 saturated carbocycles. The van der Waals surface area contributed by atoms with Crippen molar-refractivity contribution in [2.75, 3.05) is 11.9 Å². The number of nitrogens with zero attached hydrogens (tertiary/aromatic N) is 3. The van der Waals surface area contributed by atoms with Crippen LogP contribution in [0.25, 0.3) is 22.2 Å². The number of amides is 1. The van der Waals surface area contributed by atoms with Gasteiger partial charge in [-0.25, -0.2) is 14.8 Å². The van der Waals surface area contributed by atoms with E-state index >= 15 is 0 Å². The maximum atomic E-state index is 13.2. The number of fused-ring (bicyclic) bond motifs is 2. The zero-order chi connectivity index (χ0) is 24.1. The Morgan fingerprint density at radius 2 is 1.82 bits per heavy atom. The molecule has 4 rings (SSSR count). The third kappa shape index (κ3) is 4.68. The van der Waals surface area contributed by atoms with Gasteiger partial charge in [-0.05, 0) is 43.3 Å². The fourth-order valence-electron chi connectivity index (χ4n) is 4.26. The first-order valence-electron chi connectivity index (χ1n) is 11.9. The summed E-state index contributed by atoms with van der Waals surface area (Å²) in [6, 6.07) is 11.2. The molecule has 34 heavy (non-hydrogen) atoms. The maximum Gasteiger partial charge on any atom is 0.344 e. The van der Waals surface area contributed by atoms with Crippen LogP contribution in [0.2, 0.25) is 0 Å². The number of carbonyl (C=O) groups is 2. The molecule has 0 aliphatic heterocycles. The minimum Gasteiger partial charge on any atom is -0.462 e. The van der Waals surface area contributed by atoms with Gasteiger partial charge in [-0.15, -0.1) is 11.3 Å². The van der Waals surface area contributed by atoms with Crippen molar-refractivity contribution in [1.82, 2.24) is 14.5 Å². The van der Waals surface area contributed by atoms with Gasteiger partial charge in [0.05, 0.1) is 22.5 Å². The van der Waals surface area contributed by atoms with Crippen molar-refractivity contribution in [3.63, 3.8) is 0 Å². The lowest BCUT2D eigenvalue weighted by Gasteiger charge is -2.21. The van der Waals surface area contributed by atoms with Crippen LogP contribution < -0.4 is 5.32 Å². The lowest BCUT2D eigenvalue weighted by molar-refractivity contribution is 0.0529. The van der Waals surface area contributed by atoms with Crippen LogP contribution in [0.3, 0.4) is 0 Å². The van der Waals surface area contributed by atoms with Crippen LogP contribution in [-0.2, 0) is 4.74 Å². The van der Waals surface area contributed by atoms with Gasteiger partial charge in [0.15, 0.2) is 5.65 Å². The standard InChI is InChI=1S/C26H30N4O3S/c1-4-7-8-12-17(5-2)30-23(29-25(31)20-15-11-16-34-20)21(26(32)33-6-3)22-24(30)28-19-14-10-9-13-18(19)27-22/h9-11,13-17H,4-8,12H2,1-3H3,(H,29,31)/t17-/m0/s1. The van der Waals surface area contributed by atoms with Crippen LogP contribution in [0.5, 0.6) is 0 Å². The lowest BCUT2D eigenvalue weighted by atomic mass is 10.1. The molecule has 178 valence electrons. The second kappa shape index (κ2) is 10.8. The Balaban J connectivity index is 1.97. The Kier molecular flexibility index (Phi) is 7.57. The van der Waals surface area contributed by atoms with Crippen LogP contribution in [0.4, 0.5) is 5.82 Å².